The molecule has 0 fully saturated rings. The van der Waals surface area contributed by atoms with Crippen LogP contribution in [0.3, 0.4) is 0 Å². The van der Waals surface area contributed by atoms with Crippen molar-refractivity contribution in [3.63, 3.8) is 0 Å². The van der Waals surface area contributed by atoms with Crippen molar-refractivity contribution < 1.29 is 13.2 Å². The van der Waals surface area contributed by atoms with E-state index in [-0.39, 0.29) is 10.8 Å². The molecule has 0 unspecified atom stereocenters. The Morgan fingerprint density at radius 2 is 1.63 bits per heavy atom. The second-order valence-corrected chi connectivity index (χ2v) is 7.78. The maximum absolute atomic E-state index is 12.4. The molecule has 0 bridgehead atoms. The van der Waals surface area contributed by atoms with Crippen LogP contribution in [0.2, 0.25) is 0 Å². The third kappa shape index (κ3) is 4.64. The lowest BCUT2D eigenvalue weighted by Gasteiger charge is -2.10. The second kappa shape index (κ2) is 8.20. The minimum atomic E-state index is -3.64. The first-order valence-corrected chi connectivity index (χ1v) is 10.1. The first kappa shape index (κ1) is 18.9. The molecular weight excluding hydrogens is 362 g/mol. The normalized spacial score (nSPS) is 11.3. The molecule has 1 amide bonds. The predicted octanol–water partition coefficient (Wildman–Crippen LogP) is 2.72. The fourth-order valence-corrected chi connectivity index (χ4v) is 3.74. The van der Waals surface area contributed by atoms with Gasteiger partial charge in [-0.3, -0.25) is 9.52 Å². The Kier molecular flexibility index (Phi) is 5.73. The van der Waals surface area contributed by atoms with Gasteiger partial charge in [0, 0.05) is 17.8 Å². The minimum Gasteiger partial charge on any atom is -0.352 e. The van der Waals surface area contributed by atoms with Gasteiger partial charge in [-0.2, -0.15) is 0 Å². The van der Waals surface area contributed by atoms with Gasteiger partial charge >= 0.3 is 0 Å². The predicted molar refractivity (Wildman–Crippen MR) is 107 cm³/mol. The molecule has 0 heterocycles. The Labute approximate surface area is 158 Å². The molecule has 0 aliphatic heterocycles. The molecule has 0 radical (unpaired) electrons. The van der Waals surface area contributed by atoms with Crippen LogP contribution in [-0.2, 0) is 10.0 Å². The maximum atomic E-state index is 12.4. The zero-order valence-electron chi connectivity index (χ0n) is 14.7. The second-order valence-electron chi connectivity index (χ2n) is 6.09. The lowest BCUT2D eigenvalue weighted by molar-refractivity contribution is 0.0953. The molecule has 0 saturated heterocycles. The topological polar surface area (TPSA) is 101 Å². The Hall–Kier alpha value is -2.90. The fourth-order valence-electron chi connectivity index (χ4n) is 2.67. The van der Waals surface area contributed by atoms with E-state index in [1.54, 1.807) is 66.7 Å². The van der Waals surface area contributed by atoms with Crippen LogP contribution in [-0.4, -0.2) is 27.4 Å². The van der Waals surface area contributed by atoms with Gasteiger partial charge in [0.2, 0.25) is 0 Å². The summed E-state index contributed by atoms with van der Waals surface area (Å²) < 4.78 is 27.4. The Morgan fingerprint density at radius 1 is 0.926 bits per heavy atom. The van der Waals surface area contributed by atoms with Gasteiger partial charge in [0.05, 0.1) is 4.90 Å². The summed E-state index contributed by atoms with van der Waals surface area (Å²) >= 11 is 0. The number of nitrogens with two attached hydrogens (primary N) is 1. The number of carbonyl (C=O) groups is 1. The first-order valence-electron chi connectivity index (χ1n) is 8.59. The van der Waals surface area contributed by atoms with E-state index in [2.05, 4.69) is 10.0 Å². The van der Waals surface area contributed by atoms with Gasteiger partial charge in [-0.05, 0) is 60.1 Å². The van der Waals surface area contributed by atoms with Crippen LogP contribution < -0.4 is 15.8 Å². The highest BCUT2D eigenvalue weighted by molar-refractivity contribution is 7.92. The molecule has 0 aromatic heterocycles. The molecule has 3 rings (SSSR count). The van der Waals surface area contributed by atoms with Gasteiger partial charge < -0.3 is 11.1 Å². The summed E-state index contributed by atoms with van der Waals surface area (Å²) in [5, 5.41) is 4.50. The highest BCUT2D eigenvalue weighted by Crippen LogP contribution is 2.23. The number of nitrogens with one attached hydrogen (secondary N) is 2. The summed E-state index contributed by atoms with van der Waals surface area (Å²) in [5.41, 5.74) is 6.44. The smallest absolute Gasteiger partial charge is 0.261 e. The van der Waals surface area contributed by atoms with Crippen molar-refractivity contribution in [3.05, 3.63) is 72.3 Å². The number of carbonyl (C=O) groups excluding carboxylic acids is 1. The van der Waals surface area contributed by atoms with Crippen molar-refractivity contribution in [2.45, 2.75) is 11.3 Å². The zero-order valence-corrected chi connectivity index (χ0v) is 15.5. The van der Waals surface area contributed by atoms with E-state index in [1.807, 2.05) is 0 Å². The molecule has 0 spiro atoms. The van der Waals surface area contributed by atoms with Gasteiger partial charge in [0.25, 0.3) is 15.9 Å². The van der Waals surface area contributed by atoms with Crippen molar-refractivity contribution in [1.29, 1.82) is 0 Å². The van der Waals surface area contributed by atoms with Crippen LogP contribution >= 0.6 is 0 Å². The van der Waals surface area contributed by atoms with Crippen molar-refractivity contribution in [2.75, 3.05) is 17.8 Å². The molecule has 3 aromatic rings. The molecule has 0 aliphatic carbocycles. The molecule has 0 aliphatic rings. The van der Waals surface area contributed by atoms with Gasteiger partial charge in [0.15, 0.2) is 0 Å². The van der Waals surface area contributed by atoms with Crippen molar-refractivity contribution in [2.24, 2.45) is 5.73 Å². The van der Waals surface area contributed by atoms with Crippen molar-refractivity contribution in [1.82, 2.24) is 5.32 Å². The molecule has 0 atom stereocenters. The molecular formula is C20H21N3O3S. The zero-order chi connectivity index (χ0) is 19.3. The van der Waals surface area contributed by atoms with Crippen LogP contribution in [0.15, 0.2) is 71.6 Å². The summed E-state index contributed by atoms with van der Waals surface area (Å²) in [4.78, 5) is 12.3. The summed E-state index contributed by atoms with van der Waals surface area (Å²) in [6.07, 6.45) is 0.726. The number of benzene rings is 3. The number of hydrogen-bond acceptors (Lipinski definition) is 4. The number of anilines is 1. The third-order valence-corrected chi connectivity index (χ3v) is 5.47. The maximum Gasteiger partial charge on any atom is 0.261 e. The van der Waals surface area contributed by atoms with Crippen LogP contribution in [0.1, 0.15) is 16.8 Å². The lowest BCUT2D eigenvalue weighted by Crippen LogP contribution is -2.25. The molecule has 27 heavy (non-hydrogen) atoms. The quantitative estimate of drug-likeness (QED) is 0.546. The molecule has 4 N–H and O–H groups in total. The molecule has 7 heteroatoms. The summed E-state index contributed by atoms with van der Waals surface area (Å²) in [6, 6.07) is 18.7. The fraction of sp³-hybridized carbons (Fsp3) is 0.150. The number of amides is 1. The third-order valence-electron chi connectivity index (χ3n) is 4.07. The summed E-state index contributed by atoms with van der Waals surface area (Å²) in [5.74, 6) is -0.154. The minimum absolute atomic E-state index is 0.154. The van der Waals surface area contributed by atoms with Crippen molar-refractivity contribution >= 4 is 32.4 Å². The Balaban J connectivity index is 1.80. The summed E-state index contributed by atoms with van der Waals surface area (Å²) in [7, 11) is -3.64. The van der Waals surface area contributed by atoms with Gasteiger partial charge in [0.1, 0.15) is 0 Å². The van der Waals surface area contributed by atoms with Crippen LogP contribution in [0.25, 0.3) is 10.8 Å². The van der Waals surface area contributed by atoms with E-state index >= 15 is 0 Å². The Morgan fingerprint density at radius 3 is 2.37 bits per heavy atom. The van der Waals surface area contributed by atoms with E-state index in [0.717, 1.165) is 17.2 Å². The lowest BCUT2D eigenvalue weighted by atomic mass is 10.1. The molecule has 6 nitrogen and oxygen atoms in total. The number of hydrogen-bond donors (Lipinski definition) is 3. The Bertz CT molecular complexity index is 1050. The van der Waals surface area contributed by atoms with Gasteiger partial charge in [-0.15, -0.1) is 0 Å². The standard InChI is InChI=1S/C20H21N3O3S/c21-11-4-12-22-20(24)17-8-7-16-14-18(10-9-15(16)13-17)23-27(25,26)19-5-2-1-3-6-19/h1-3,5-10,13-14,23H,4,11-12,21H2,(H,22,24). The highest BCUT2D eigenvalue weighted by Gasteiger charge is 2.14. The average molecular weight is 383 g/mol. The summed E-state index contributed by atoms with van der Waals surface area (Å²) in [6.45, 7) is 1.06. The molecule has 140 valence electrons. The van der Waals surface area contributed by atoms with E-state index < -0.39 is 10.0 Å². The van der Waals surface area contributed by atoms with Gasteiger partial charge in [-0.1, -0.05) is 30.3 Å². The van der Waals surface area contributed by atoms with E-state index in [9.17, 15) is 13.2 Å². The SMILES string of the molecule is NCCCNC(=O)c1ccc2cc(NS(=O)(=O)c3ccccc3)ccc2c1. The molecule has 0 saturated carbocycles. The van der Waals surface area contributed by atoms with Crippen molar-refractivity contribution in [3.8, 4) is 0 Å². The van der Waals surface area contributed by atoms with Crippen LogP contribution in [0.5, 0.6) is 0 Å². The average Bonchev–Trinajstić information content (AvgIpc) is 2.68. The molecule has 3 aromatic carbocycles. The van der Waals surface area contributed by atoms with E-state index in [4.69, 9.17) is 5.73 Å². The van der Waals surface area contributed by atoms with E-state index in [0.29, 0.717) is 24.3 Å². The van der Waals surface area contributed by atoms with Crippen LogP contribution in [0, 0.1) is 0 Å². The number of rotatable bonds is 7. The monoisotopic (exact) mass is 383 g/mol. The number of fused-ring (bicyclic) bond motifs is 1. The first-order chi connectivity index (χ1) is 13.0. The van der Waals surface area contributed by atoms with Crippen LogP contribution in [0.4, 0.5) is 5.69 Å². The van der Waals surface area contributed by atoms with Gasteiger partial charge in [-0.25, -0.2) is 8.42 Å². The largest absolute Gasteiger partial charge is 0.352 e. The highest BCUT2D eigenvalue weighted by atomic mass is 32.2. The number of sulfonamides is 1. The van der Waals surface area contributed by atoms with E-state index in [1.165, 1.54) is 0 Å².